The first kappa shape index (κ1) is 20.9. The van der Waals surface area contributed by atoms with E-state index in [-0.39, 0.29) is 24.7 Å². The molecule has 25 heavy (non-hydrogen) atoms. The Balaban J connectivity index is 0.000000730. The van der Waals surface area contributed by atoms with Crippen molar-refractivity contribution in [2.24, 2.45) is 5.73 Å². The van der Waals surface area contributed by atoms with Crippen molar-refractivity contribution in [2.75, 3.05) is 42.6 Å². The van der Waals surface area contributed by atoms with Crippen LogP contribution in [0.5, 0.6) is 0 Å². The van der Waals surface area contributed by atoms with Crippen molar-refractivity contribution in [2.45, 2.75) is 33.8 Å². The third-order valence-electron chi connectivity index (χ3n) is 3.60. The van der Waals surface area contributed by atoms with E-state index in [1.165, 1.54) is 0 Å². The van der Waals surface area contributed by atoms with E-state index in [2.05, 4.69) is 0 Å². The van der Waals surface area contributed by atoms with Gasteiger partial charge in [-0.3, -0.25) is 9.69 Å². The minimum absolute atomic E-state index is 0.0576. The second kappa shape index (κ2) is 10.7. The summed E-state index contributed by atoms with van der Waals surface area (Å²) in [6.45, 7) is 9.94. The molecule has 2 aliphatic rings. The molecule has 2 saturated heterocycles. The molecule has 2 aliphatic heterocycles. The van der Waals surface area contributed by atoms with E-state index < -0.39 is 0 Å². The van der Waals surface area contributed by atoms with Gasteiger partial charge in [-0.05, 0) is 24.3 Å². The number of hydrogen-bond acceptors (Lipinski definition) is 5. The first-order valence-corrected chi connectivity index (χ1v) is 8.85. The number of carbonyl (C=O) groups excluding carboxylic acids is 2. The fourth-order valence-electron chi connectivity index (χ4n) is 2.46. The molecular formula is C18H29N3O4. The summed E-state index contributed by atoms with van der Waals surface area (Å²) in [7, 11) is 0. The van der Waals surface area contributed by atoms with Crippen LogP contribution < -0.4 is 15.5 Å². The molecule has 1 aromatic carbocycles. The normalized spacial score (nSPS) is 19.5. The highest BCUT2D eigenvalue weighted by atomic mass is 16.6. The van der Waals surface area contributed by atoms with E-state index in [9.17, 15) is 9.59 Å². The van der Waals surface area contributed by atoms with Crippen molar-refractivity contribution in [3.8, 4) is 0 Å². The number of ether oxygens (including phenoxy) is 2. The van der Waals surface area contributed by atoms with Gasteiger partial charge in [0.15, 0.2) is 0 Å². The average molecular weight is 351 g/mol. The summed E-state index contributed by atoms with van der Waals surface area (Å²) < 4.78 is 10.2. The van der Waals surface area contributed by atoms with Crippen LogP contribution in [0.25, 0.3) is 0 Å². The molecule has 2 fully saturated rings. The fraction of sp³-hybridized carbons (Fsp3) is 0.556. The maximum Gasteiger partial charge on any atom is 0.414 e. The summed E-state index contributed by atoms with van der Waals surface area (Å²) in [6, 6.07) is 7.25. The molecular weight excluding hydrogens is 322 g/mol. The van der Waals surface area contributed by atoms with Crippen molar-refractivity contribution in [1.82, 2.24) is 0 Å². The van der Waals surface area contributed by atoms with Gasteiger partial charge in [-0.2, -0.15) is 0 Å². The number of cyclic esters (lactones) is 1. The maximum absolute atomic E-state index is 11.8. The van der Waals surface area contributed by atoms with Gasteiger partial charge in [0.2, 0.25) is 0 Å². The molecule has 0 bridgehead atoms. The van der Waals surface area contributed by atoms with Crippen LogP contribution in [0.2, 0.25) is 0 Å². The van der Waals surface area contributed by atoms with Crippen molar-refractivity contribution in [3.63, 3.8) is 0 Å². The van der Waals surface area contributed by atoms with Crippen LogP contribution in [0.1, 0.15) is 27.7 Å². The molecule has 1 aromatic rings. The summed E-state index contributed by atoms with van der Waals surface area (Å²) in [5.41, 5.74) is 7.05. The fourth-order valence-corrected chi connectivity index (χ4v) is 2.46. The van der Waals surface area contributed by atoms with Gasteiger partial charge in [-0.25, -0.2) is 4.79 Å². The molecule has 1 unspecified atom stereocenters. The van der Waals surface area contributed by atoms with Crippen LogP contribution in [0, 0.1) is 0 Å². The van der Waals surface area contributed by atoms with Gasteiger partial charge in [0.05, 0.1) is 13.2 Å². The Labute approximate surface area is 149 Å². The molecule has 0 aromatic heterocycles. The van der Waals surface area contributed by atoms with Gasteiger partial charge in [-0.1, -0.05) is 27.7 Å². The lowest BCUT2D eigenvalue weighted by Gasteiger charge is -2.27. The van der Waals surface area contributed by atoms with E-state index in [4.69, 9.17) is 15.2 Å². The zero-order chi connectivity index (χ0) is 18.8. The number of hydrogen-bond donors (Lipinski definition) is 1. The van der Waals surface area contributed by atoms with Gasteiger partial charge in [0.25, 0.3) is 5.91 Å². The molecule has 2 N–H and O–H groups in total. The minimum atomic E-state index is -0.388. The minimum Gasteiger partial charge on any atom is -0.443 e. The Bertz CT molecular complexity index is 548. The predicted octanol–water partition coefficient (Wildman–Crippen LogP) is 2.39. The molecule has 2 amide bonds. The van der Waals surface area contributed by atoms with Crippen molar-refractivity contribution < 1.29 is 19.1 Å². The number of benzene rings is 1. The summed E-state index contributed by atoms with van der Waals surface area (Å²) in [6.07, 6.45) is -0.654. The van der Waals surface area contributed by atoms with Crippen LogP contribution in [-0.4, -0.2) is 51.0 Å². The summed E-state index contributed by atoms with van der Waals surface area (Å²) in [5, 5.41) is 0. The first-order valence-electron chi connectivity index (χ1n) is 8.85. The molecule has 0 spiro atoms. The van der Waals surface area contributed by atoms with Crippen LogP contribution in [0.15, 0.2) is 24.3 Å². The standard InChI is InChI=1S/C14H17N3O4.2C2H6/c15-7-12-8-17(14(19)21-12)11-3-1-10(2-4-11)16-5-6-20-9-13(16)18;2*1-2/h1-4,12H,5-9,15H2;2*1-2H3. The van der Waals surface area contributed by atoms with Crippen molar-refractivity contribution in [3.05, 3.63) is 24.3 Å². The molecule has 2 heterocycles. The van der Waals surface area contributed by atoms with Gasteiger partial charge in [-0.15, -0.1) is 0 Å². The Hall–Kier alpha value is -2.12. The average Bonchev–Trinajstić information content (AvgIpc) is 3.06. The highest BCUT2D eigenvalue weighted by molar-refractivity contribution is 5.95. The van der Waals surface area contributed by atoms with Crippen LogP contribution in [-0.2, 0) is 14.3 Å². The van der Waals surface area contributed by atoms with E-state index in [1.54, 1.807) is 21.9 Å². The van der Waals surface area contributed by atoms with Crippen LogP contribution >= 0.6 is 0 Å². The second-order valence-corrected chi connectivity index (χ2v) is 4.97. The van der Waals surface area contributed by atoms with Crippen molar-refractivity contribution >= 4 is 23.4 Å². The molecule has 7 nitrogen and oxygen atoms in total. The number of anilines is 2. The number of morpholine rings is 1. The zero-order valence-corrected chi connectivity index (χ0v) is 15.5. The van der Waals surface area contributed by atoms with E-state index >= 15 is 0 Å². The summed E-state index contributed by atoms with van der Waals surface area (Å²) in [4.78, 5) is 26.7. The summed E-state index contributed by atoms with van der Waals surface area (Å²) in [5.74, 6) is -0.0576. The Morgan fingerprint density at radius 2 is 1.60 bits per heavy atom. The van der Waals surface area contributed by atoms with Gasteiger partial charge in [0.1, 0.15) is 12.7 Å². The Morgan fingerprint density at radius 3 is 2.08 bits per heavy atom. The van der Waals surface area contributed by atoms with Gasteiger partial charge >= 0.3 is 6.09 Å². The first-order chi connectivity index (χ1) is 12.2. The maximum atomic E-state index is 11.8. The quantitative estimate of drug-likeness (QED) is 0.904. The molecule has 140 valence electrons. The molecule has 0 saturated carbocycles. The predicted molar refractivity (Wildman–Crippen MR) is 99.0 cm³/mol. The topological polar surface area (TPSA) is 85.1 Å². The van der Waals surface area contributed by atoms with E-state index in [1.807, 2.05) is 39.8 Å². The van der Waals surface area contributed by atoms with Crippen molar-refractivity contribution in [1.29, 1.82) is 0 Å². The highest BCUT2D eigenvalue weighted by Crippen LogP contribution is 2.25. The number of carbonyl (C=O) groups is 2. The lowest BCUT2D eigenvalue weighted by atomic mass is 10.2. The number of nitrogens with zero attached hydrogens (tertiary/aromatic N) is 2. The monoisotopic (exact) mass is 351 g/mol. The Morgan fingerprint density at radius 1 is 1.04 bits per heavy atom. The summed E-state index contributed by atoms with van der Waals surface area (Å²) >= 11 is 0. The van der Waals surface area contributed by atoms with E-state index in [0.29, 0.717) is 26.2 Å². The zero-order valence-electron chi connectivity index (χ0n) is 15.5. The number of amides is 2. The Kier molecular flexibility index (Phi) is 8.94. The van der Waals surface area contributed by atoms with Gasteiger partial charge in [0, 0.05) is 24.5 Å². The van der Waals surface area contributed by atoms with E-state index in [0.717, 1.165) is 11.4 Å². The number of rotatable bonds is 3. The third-order valence-corrected chi connectivity index (χ3v) is 3.60. The van der Waals surface area contributed by atoms with Crippen LogP contribution in [0.4, 0.5) is 16.2 Å². The van der Waals surface area contributed by atoms with Crippen LogP contribution in [0.3, 0.4) is 0 Å². The van der Waals surface area contributed by atoms with Gasteiger partial charge < -0.3 is 20.1 Å². The lowest BCUT2D eigenvalue weighted by Crippen LogP contribution is -2.41. The number of nitrogens with two attached hydrogens (primary N) is 1. The smallest absolute Gasteiger partial charge is 0.414 e. The third kappa shape index (κ3) is 5.17. The molecule has 0 aliphatic carbocycles. The molecule has 0 radical (unpaired) electrons. The SMILES string of the molecule is CC.CC.NCC1CN(c2ccc(N3CCOCC3=O)cc2)C(=O)O1. The highest BCUT2D eigenvalue weighted by Gasteiger charge is 2.31. The largest absolute Gasteiger partial charge is 0.443 e. The lowest BCUT2D eigenvalue weighted by molar-refractivity contribution is -0.125. The second-order valence-electron chi connectivity index (χ2n) is 4.97. The molecule has 7 heteroatoms. The molecule has 3 rings (SSSR count). The molecule has 1 atom stereocenters.